The molecule has 3 N–H and O–H groups in total. The highest BCUT2D eigenvalue weighted by atomic mass is 31.2. The molecule has 0 aliphatic rings. The second-order valence-corrected chi connectivity index (χ2v) is 8.31. The summed E-state index contributed by atoms with van der Waals surface area (Å²) in [5.41, 5.74) is 4.76. The van der Waals surface area contributed by atoms with Crippen molar-refractivity contribution in [1.82, 2.24) is 5.48 Å². The molecule has 1 unspecified atom stereocenters. The molecule has 0 saturated heterocycles. The van der Waals surface area contributed by atoms with Crippen molar-refractivity contribution in [2.75, 3.05) is 11.8 Å². The van der Waals surface area contributed by atoms with Crippen LogP contribution in [0.3, 0.4) is 0 Å². The molecule has 0 aliphatic carbocycles. The number of benzene rings is 2. The molecule has 5 nitrogen and oxygen atoms in total. The van der Waals surface area contributed by atoms with Crippen molar-refractivity contribution in [3.63, 3.8) is 0 Å². The van der Waals surface area contributed by atoms with Crippen molar-refractivity contribution < 1.29 is 14.5 Å². The van der Waals surface area contributed by atoms with E-state index in [0.29, 0.717) is 0 Å². The van der Waals surface area contributed by atoms with Gasteiger partial charge in [-0.05, 0) is 46.9 Å². The zero-order valence-electron chi connectivity index (χ0n) is 15.5. The van der Waals surface area contributed by atoms with Crippen LogP contribution in [0, 0.1) is 0 Å². The Morgan fingerprint density at radius 2 is 1.69 bits per heavy atom. The quantitative estimate of drug-likeness (QED) is 0.291. The number of carbonyl (C=O) groups excluding carboxylic acids is 1. The van der Waals surface area contributed by atoms with Crippen LogP contribution in [0.25, 0.3) is 6.08 Å². The number of nitrogens with one attached hydrogen (secondary N) is 2. The van der Waals surface area contributed by atoms with E-state index in [9.17, 15) is 4.79 Å². The van der Waals surface area contributed by atoms with Crippen LogP contribution >= 0.6 is 8.30 Å². The molecular weight excluding hydrogens is 347 g/mol. The predicted octanol–water partition coefficient (Wildman–Crippen LogP) is 4.94. The Hall–Kier alpha value is -2.36. The summed E-state index contributed by atoms with van der Waals surface area (Å²) in [4.78, 5) is 11.0. The van der Waals surface area contributed by atoms with Gasteiger partial charge in [0.1, 0.15) is 5.75 Å². The summed E-state index contributed by atoms with van der Waals surface area (Å²) in [6.07, 6.45) is 2.89. The van der Waals surface area contributed by atoms with E-state index in [1.165, 1.54) is 11.6 Å². The normalized spacial score (nSPS) is 12.7. The van der Waals surface area contributed by atoms with Crippen molar-refractivity contribution in [2.24, 2.45) is 0 Å². The largest absolute Gasteiger partial charge is 0.454 e. The number of hydrogen-bond donors (Lipinski definition) is 3. The molecule has 0 spiro atoms. The van der Waals surface area contributed by atoms with Crippen LogP contribution in [0.15, 0.2) is 54.6 Å². The number of amides is 1. The minimum atomic E-state index is -0.867. The van der Waals surface area contributed by atoms with Gasteiger partial charge in [0.05, 0.1) is 0 Å². The summed E-state index contributed by atoms with van der Waals surface area (Å²) >= 11 is 0. The van der Waals surface area contributed by atoms with Crippen LogP contribution in [0.5, 0.6) is 5.75 Å². The summed E-state index contributed by atoms with van der Waals surface area (Å²) in [7, 11) is -0.867. The summed E-state index contributed by atoms with van der Waals surface area (Å²) in [6.45, 7) is 8.57. The third-order valence-electron chi connectivity index (χ3n) is 3.70. The molecule has 0 heterocycles. The summed E-state index contributed by atoms with van der Waals surface area (Å²) in [6, 6.07) is 15.8. The van der Waals surface area contributed by atoms with E-state index >= 15 is 0 Å². The number of carbonyl (C=O) groups is 1. The lowest BCUT2D eigenvalue weighted by molar-refractivity contribution is -0.124. The van der Waals surface area contributed by atoms with Crippen LogP contribution < -0.4 is 15.1 Å². The number of rotatable bonds is 6. The molecule has 1 amide bonds. The van der Waals surface area contributed by atoms with Gasteiger partial charge < -0.3 is 9.61 Å². The smallest absolute Gasteiger partial charge is 0.267 e. The lowest BCUT2D eigenvalue weighted by Crippen LogP contribution is -2.14. The first-order valence-electron chi connectivity index (χ1n) is 8.29. The van der Waals surface area contributed by atoms with Gasteiger partial charge in [0.2, 0.25) is 0 Å². The highest BCUT2D eigenvalue weighted by molar-refractivity contribution is 7.53. The van der Waals surface area contributed by atoms with Gasteiger partial charge in [-0.25, -0.2) is 5.48 Å². The maximum Gasteiger partial charge on any atom is 0.267 e. The average molecular weight is 372 g/mol. The summed E-state index contributed by atoms with van der Waals surface area (Å²) < 4.78 is 5.97. The van der Waals surface area contributed by atoms with Gasteiger partial charge in [-0.2, -0.15) is 0 Å². The molecule has 0 radical (unpaired) electrons. The standard InChI is InChI=1S/C20H25N2O3P/c1-20(2,3)16-8-12-18(13-9-16)25-26(4)22-17-10-5-15(6-11-17)7-14-19(23)21-24/h5-14,22,24H,1-4H3,(H,21,23)/b14-7+. The van der Waals surface area contributed by atoms with E-state index in [2.05, 4.69) is 38.0 Å². The molecule has 2 aromatic carbocycles. The van der Waals surface area contributed by atoms with Crippen LogP contribution in [0.2, 0.25) is 0 Å². The first-order valence-corrected chi connectivity index (χ1v) is 10.00. The number of anilines is 1. The molecule has 0 aliphatic heterocycles. The minimum absolute atomic E-state index is 0.127. The van der Waals surface area contributed by atoms with Crippen molar-refractivity contribution in [3.05, 3.63) is 65.7 Å². The van der Waals surface area contributed by atoms with E-state index in [1.807, 2.05) is 43.1 Å². The fraction of sp³-hybridized carbons (Fsp3) is 0.250. The van der Waals surface area contributed by atoms with E-state index in [1.54, 1.807) is 11.6 Å². The molecule has 1 atom stereocenters. The zero-order chi connectivity index (χ0) is 19.2. The Labute approximate surface area is 155 Å². The molecule has 0 fully saturated rings. The van der Waals surface area contributed by atoms with Crippen LogP contribution in [0.1, 0.15) is 31.9 Å². The van der Waals surface area contributed by atoms with Crippen LogP contribution in [-0.2, 0) is 10.2 Å². The van der Waals surface area contributed by atoms with Gasteiger partial charge in [0.15, 0.2) is 8.30 Å². The molecule has 2 rings (SSSR count). The van der Waals surface area contributed by atoms with Crippen LogP contribution in [0.4, 0.5) is 5.69 Å². The predicted molar refractivity (Wildman–Crippen MR) is 108 cm³/mol. The van der Waals surface area contributed by atoms with E-state index in [-0.39, 0.29) is 5.41 Å². The molecule has 2 aromatic rings. The number of hydroxylamine groups is 1. The van der Waals surface area contributed by atoms with Crippen molar-refractivity contribution in [1.29, 1.82) is 0 Å². The monoisotopic (exact) mass is 372 g/mol. The molecule has 0 bridgehead atoms. The third kappa shape index (κ3) is 6.17. The zero-order valence-corrected chi connectivity index (χ0v) is 16.4. The SMILES string of the molecule is CP(Nc1ccc(/C=C/C(=O)NO)cc1)Oc1ccc(C(C)(C)C)cc1. The van der Waals surface area contributed by atoms with Crippen molar-refractivity contribution in [2.45, 2.75) is 26.2 Å². The fourth-order valence-corrected chi connectivity index (χ4v) is 3.25. The van der Waals surface area contributed by atoms with Crippen molar-refractivity contribution >= 4 is 26.0 Å². The summed E-state index contributed by atoms with van der Waals surface area (Å²) in [5.74, 6) is 0.281. The molecule has 138 valence electrons. The highest BCUT2D eigenvalue weighted by Crippen LogP contribution is 2.36. The maximum absolute atomic E-state index is 11.0. The molecule has 0 saturated carbocycles. The maximum atomic E-state index is 11.0. The first kappa shape index (κ1) is 20.0. The molecular formula is C20H25N2O3P. The van der Waals surface area contributed by atoms with E-state index in [4.69, 9.17) is 9.73 Å². The number of hydrogen-bond acceptors (Lipinski definition) is 4. The van der Waals surface area contributed by atoms with Gasteiger partial charge in [-0.3, -0.25) is 10.0 Å². The Kier molecular flexibility index (Phi) is 6.78. The Balaban J connectivity index is 1.92. The lowest BCUT2D eigenvalue weighted by Gasteiger charge is -2.20. The van der Waals surface area contributed by atoms with Crippen molar-refractivity contribution in [3.8, 4) is 5.75 Å². The lowest BCUT2D eigenvalue weighted by atomic mass is 9.87. The molecule has 0 aromatic heterocycles. The molecule has 26 heavy (non-hydrogen) atoms. The topological polar surface area (TPSA) is 70.6 Å². The first-order chi connectivity index (χ1) is 12.3. The van der Waals surface area contributed by atoms with Gasteiger partial charge in [0, 0.05) is 18.4 Å². The van der Waals surface area contributed by atoms with Gasteiger partial charge in [-0.1, -0.05) is 45.0 Å². The third-order valence-corrected chi connectivity index (χ3v) is 4.76. The Morgan fingerprint density at radius 3 is 2.23 bits per heavy atom. The Morgan fingerprint density at radius 1 is 1.08 bits per heavy atom. The molecule has 6 heteroatoms. The van der Waals surface area contributed by atoms with E-state index in [0.717, 1.165) is 17.0 Å². The second-order valence-electron chi connectivity index (χ2n) is 6.91. The van der Waals surface area contributed by atoms with Gasteiger partial charge >= 0.3 is 0 Å². The Bertz CT molecular complexity index is 750. The van der Waals surface area contributed by atoms with Crippen LogP contribution in [-0.4, -0.2) is 17.8 Å². The summed E-state index contributed by atoms with van der Waals surface area (Å²) in [5, 5.41) is 11.8. The fourth-order valence-electron chi connectivity index (χ4n) is 2.26. The highest BCUT2D eigenvalue weighted by Gasteiger charge is 2.13. The average Bonchev–Trinajstić information content (AvgIpc) is 2.60. The van der Waals surface area contributed by atoms with Gasteiger partial charge in [-0.15, -0.1) is 0 Å². The second kappa shape index (κ2) is 8.84. The van der Waals surface area contributed by atoms with Gasteiger partial charge in [0.25, 0.3) is 5.91 Å². The van der Waals surface area contributed by atoms with E-state index < -0.39 is 14.2 Å². The minimum Gasteiger partial charge on any atom is -0.454 e.